The highest BCUT2D eigenvalue weighted by Crippen LogP contribution is 2.28. The molecule has 8 nitrogen and oxygen atoms in total. The number of hydrogen-bond acceptors (Lipinski definition) is 4. The molecule has 0 aromatic rings. The van der Waals surface area contributed by atoms with Crippen molar-refractivity contribution in [3.8, 4) is 0 Å². The Balaban J connectivity index is 2.25. The van der Waals surface area contributed by atoms with Crippen molar-refractivity contribution in [3.05, 3.63) is 0 Å². The first-order chi connectivity index (χ1) is 13.1. The zero-order chi connectivity index (χ0) is 21.0. The van der Waals surface area contributed by atoms with E-state index in [-0.39, 0.29) is 42.5 Å². The quantitative estimate of drug-likeness (QED) is 0.629. The average molecular weight is 395 g/mol. The van der Waals surface area contributed by atoms with Gasteiger partial charge in [0.05, 0.1) is 6.04 Å². The van der Waals surface area contributed by atoms with Gasteiger partial charge in [0.25, 0.3) is 0 Å². The molecule has 8 heteroatoms. The first-order valence-electron chi connectivity index (χ1n) is 10.3. The van der Waals surface area contributed by atoms with E-state index in [1.54, 1.807) is 9.80 Å². The second-order valence-corrected chi connectivity index (χ2v) is 8.79. The molecule has 2 aliphatic rings. The molecule has 0 radical (unpaired) electrons. The maximum atomic E-state index is 13.4. The van der Waals surface area contributed by atoms with Crippen LogP contribution in [0.1, 0.15) is 59.8 Å². The number of fused-ring (bicyclic) bond motifs is 1. The van der Waals surface area contributed by atoms with E-state index in [9.17, 15) is 19.2 Å². The van der Waals surface area contributed by atoms with Gasteiger partial charge in [-0.2, -0.15) is 0 Å². The van der Waals surface area contributed by atoms with E-state index in [4.69, 9.17) is 5.73 Å². The number of amides is 4. The number of nitrogens with zero attached hydrogens (tertiary/aromatic N) is 2. The van der Waals surface area contributed by atoms with E-state index in [1.165, 1.54) is 0 Å². The largest absolute Gasteiger partial charge is 0.370 e. The highest BCUT2D eigenvalue weighted by Gasteiger charge is 2.48. The first-order valence-corrected chi connectivity index (χ1v) is 10.3. The van der Waals surface area contributed by atoms with Crippen LogP contribution in [0.15, 0.2) is 0 Å². The third-order valence-electron chi connectivity index (χ3n) is 5.48. The maximum Gasteiger partial charge on any atom is 0.246 e. The molecule has 0 aromatic heterocycles. The minimum absolute atomic E-state index is 0.00191. The van der Waals surface area contributed by atoms with Crippen molar-refractivity contribution in [1.82, 2.24) is 15.1 Å². The summed E-state index contributed by atoms with van der Waals surface area (Å²) in [5.74, 6) is -0.298. The van der Waals surface area contributed by atoms with Crippen LogP contribution >= 0.6 is 0 Å². The third kappa shape index (κ3) is 5.23. The summed E-state index contributed by atoms with van der Waals surface area (Å²) in [6, 6.07) is -1.53. The second kappa shape index (κ2) is 9.39. The number of nitrogens with two attached hydrogens (primary N) is 1. The van der Waals surface area contributed by atoms with Crippen LogP contribution in [0.5, 0.6) is 0 Å². The number of piperazine rings is 2. The SMILES string of the molecule is CC(C)CCC(=O)N1C[C@H]2CNC(=O)[C@H](CCC(N)=O)N2C(=O)[C@@H]1CC(C)C. The maximum absolute atomic E-state index is 13.4. The molecule has 3 N–H and O–H groups in total. The standard InChI is InChI=1S/C20H34N4O4/c1-12(2)5-8-18(26)23-11-14-10-22-19(27)15(6-7-17(21)25)24(14)20(28)16(23)9-13(3)4/h12-16H,5-11H2,1-4H3,(H2,21,25)(H,22,27)/t14-,15+,16+/m1/s1. The van der Waals surface area contributed by atoms with Crippen molar-refractivity contribution >= 4 is 23.6 Å². The zero-order valence-electron chi connectivity index (χ0n) is 17.4. The van der Waals surface area contributed by atoms with Crippen LogP contribution in [0.3, 0.4) is 0 Å². The molecule has 4 amide bonds. The van der Waals surface area contributed by atoms with Gasteiger partial charge in [0, 0.05) is 25.9 Å². The Morgan fingerprint density at radius 2 is 1.79 bits per heavy atom. The molecule has 2 heterocycles. The van der Waals surface area contributed by atoms with Crippen molar-refractivity contribution in [2.75, 3.05) is 13.1 Å². The number of rotatable bonds is 8. The molecule has 3 atom stereocenters. The van der Waals surface area contributed by atoms with Gasteiger partial charge in [-0.05, 0) is 31.1 Å². The fourth-order valence-electron chi connectivity index (χ4n) is 4.02. The van der Waals surface area contributed by atoms with Crippen LogP contribution in [0.2, 0.25) is 0 Å². The van der Waals surface area contributed by atoms with Gasteiger partial charge in [-0.25, -0.2) is 0 Å². The predicted octanol–water partition coefficient (Wildman–Crippen LogP) is 0.641. The minimum Gasteiger partial charge on any atom is -0.370 e. The molecule has 0 unspecified atom stereocenters. The van der Waals surface area contributed by atoms with Gasteiger partial charge in [-0.1, -0.05) is 27.7 Å². The molecule has 28 heavy (non-hydrogen) atoms. The van der Waals surface area contributed by atoms with Gasteiger partial charge in [-0.15, -0.1) is 0 Å². The van der Waals surface area contributed by atoms with Gasteiger partial charge < -0.3 is 20.9 Å². The molecule has 0 aliphatic carbocycles. The Bertz CT molecular complexity index is 619. The lowest BCUT2D eigenvalue weighted by molar-refractivity contribution is -0.164. The summed E-state index contributed by atoms with van der Waals surface area (Å²) in [4.78, 5) is 53.2. The van der Waals surface area contributed by atoms with Crippen molar-refractivity contribution < 1.29 is 19.2 Å². The fraction of sp³-hybridized carbons (Fsp3) is 0.800. The van der Waals surface area contributed by atoms with Crippen LogP contribution in [0.4, 0.5) is 0 Å². The summed E-state index contributed by atoms with van der Waals surface area (Å²) < 4.78 is 0. The molecule has 0 spiro atoms. The molecule has 2 aliphatic heterocycles. The molecule has 0 aromatic carbocycles. The number of hydrogen-bond donors (Lipinski definition) is 2. The monoisotopic (exact) mass is 394 g/mol. The smallest absolute Gasteiger partial charge is 0.246 e. The normalized spacial score (nSPS) is 25.1. The van der Waals surface area contributed by atoms with Crippen molar-refractivity contribution in [1.29, 1.82) is 0 Å². The highest BCUT2D eigenvalue weighted by molar-refractivity contribution is 5.94. The summed E-state index contributed by atoms with van der Waals surface area (Å²) >= 11 is 0. The van der Waals surface area contributed by atoms with Crippen molar-refractivity contribution in [2.45, 2.75) is 77.9 Å². The van der Waals surface area contributed by atoms with Crippen LogP contribution in [-0.2, 0) is 19.2 Å². The molecule has 2 rings (SSSR count). The number of primary amides is 1. The van der Waals surface area contributed by atoms with Gasteiger partial charge in [-0.3, -0.25) is 19.2 Å². The van der Waals surface area contributed by atoms with Crippen LogP contribution in [-0.4, -0.2) is 64.6 Å². The topological polar surface area (TPSA) is 113 Å². The Morgan fingerprint density at radius 1 is 1.11 bits per heavy atom. The van der Waals surface area contributed by atoms with Crippen LogP contribution < -0.4 is 11.1 Å². The summed E-state index contributed by atoms with van der Waals surface area (Å²) in [5.41, 5.74) is 5.24. The molecule has 158 valence electrons. The zero-order valence-corrected chi connectivity index (χ0v) is 17.4. The lowest BCUT2D eigenvalue weighted by Crippen LogP contribution is -2.72. The highest BCUT2D eigenvalue weighted by atomic mass is 16.2. The number of carbonyl (C=O) groups is 4. The second-order valence-electron chi connectivity index (χ2n) is 8.79. The van der Waals surface area contributed by atoms with E-state index in [1.807, 2.05) is 13.8 Å². The molecule has 2 saturated heterocycles. The summed E-state index contributed by atoms with van der Waals surface area (Å²) in [5, 5.41) is 2.82. The minimum atomic E-state index is -0.707. The summed E-state index contributed by atoms with van der Waals surface area (Å²) in [6.07, 6.45) is 2.01. The molecular formula is C20H34N4O4. The lowest BCUT2D eigenvalue weighted by atomic mass is 9.92. The third-order valence-corrected chi connectivity index (χ3v) is 5.48. The van der Waals surface area contributed by atoms with E-state index in [0.717, 1.165) is 6.42 Å². The van der Waals surface area contributed by atoms with Crippen molar-refractivity contribution in [2.24, 2.45) is 17.6 Å². The van der Waals surface area contributed by atoms with Gasteiger partial charge in [0.1, 0.15) is 12.1 Å². The Morgan fingerprint density at radius 3 is 2.36 bits per heavy atom. The molecule has 2 fully saturated rings. The van der Waals surface area contributed by atoms with E-state index >= 15 is 0 Å². The Kier molecular flexibility index (Phi) is 7.43. The molecule has 0 bridgehead atoms. The predicted molar refractivity (Wildman–Crippen MR) is 105 cm³/mol. The lowest BCUT2D eigenvalue weighted by Gasteiger charge is -2.51. The molecular weight excluding hydrogens is 360 g/mol. The molecule has 0 saturated carbocycles. The Hall–Kier alpha value is -2.12. The van der Waals surface area contributed by atoms with Crippen LogP contribution in [0.25, 0.3) is 0 Å². The van der Waals surface area contributed by atoms with E-state index in [2.05, 4.69) is 19.2 Å². The number of carbonyl (C=O) groups excluding carboxylic acids is 4. The van der Waals surface area contributed by atoms with Crippen LogP contribution in [0, 0.1) is 11.8 Å². The van der Waals surface area contributed by atoms with Crippen molar-refractivity contribution in [3.63, 3.8) is 0 Å². The van der Waals surface area contributed by atoms with Gasteiger partial charge in [0.2, 0.25) is 23.6 Å². The van der Waals surface area contributed by atoms with E-state index < -0.39 is 18.0 Å². The number of nitrogens with one attached hydrogen (secondary N) is 1. The first kappa shape index (κ1) is 22.2. The van der Waals surface area contributed by atoms with Gasteiger partial charge in [0.15, 0.2) is 0 Å². The summed E-state index contributed by atoms with van der Waals surface area (Å²) in [6.45, 7) is 8.91. The Labute approximate surface area is 167 Å². The van der Waals surface area contributed by atoms with Gasteiger partial charge >= 0.3 is 0 Å². The summed E-state index contributed by atoms with van der Waals surface area (Å²) in [7, 11) is 0. The van der Waals surface area contributed by atoms with E-state index in [0.29, 0.717) is 31.8 Å². The fourth-order valence-corrected chi connectivity index (χ4v) is 4.02. The average Bonchev–Trinajstić information content (AvgIpc) is 2.60.